The zero-order valence-electron chi connectivity index (χ0n) is 29.4. The summed E-state index contributed by atoms with van der Waals surface area (Å²) in [6.45, 7) is 2.56. The van der Waals surface area contributed by atoms with Gasteiger partial charge in [0.05, 0.1) is 0 Å². The molecular formula is C43H66N2O. The number of nitrogens with zero attached hydrogens (tertiary/aromatic N) is 2. The molecule has 7 aliphatic carbocycles. The molecule has 3 nitrogen and oxygen atoms in total. The van der Waals surface area contributed by atoms with E-state index in [1.165, 1.54) is 121 Å². The first-order chi connectivity index (χ1) is 22.7. The molecule has 46 heavy (non-hydrogen) atoms. The summed E-state index contributed by atoms with van der Waals surface area (Å²) >= 11 is 0. The molecule has 2 saturated heterocycles. The van der Waals surface area contributed by atoms with E-state index in [2.05, 4.69) is 28.9 Å². The molecule has 3 heterocycles. The van der Waals surface area contributed by atoms with Gasteiger partial charge in [0.25, 0.3) is 0 Å². The normalized spacial score (nSPS) is 51.1. The maximum absolute atomic E-state index is 6.93. The highest BCUT2D eigenvalue weighted by Gasteiger charge is 2.62. The Labute approximate surface area is 281 Å². The summed E-state index contributed by atoms with van der Waals surface area (Å²) in [5, 5.41) is 0. The molecule has 0 bridgehead atoms. The van der Waals surface area contributed by atoms with E-state index in [1.807, 2.05) is 0 Å². The van der Waals surface area contributed by atoms with Gasteiger partial charge < -0.3 is 4.74 Å². The number of fused-ring (bicyclic) bond motifs is 9. The van der Waals surface area contributed by atoms with Crippen molar-refractivity contribution in [2.45, 2.75) is 197 Å². The fraction of sp³-hybridized carbons (Fsp3) is 0.907. The average molecular weight is 627 g/mol. The molecular weight excluding hydrogens is 560 g/mol. The van der Waals surface area contributed by atoms with Crippen molar-refractivity contribution in [3.63, 3.8) is 0 Å². The standard InChI is InChI=1S/C43H66N2O/c1-27-24-36-33-17-6-9-20-38(33)45(42(36)41-35-18-7-10-21-40(35)46-43(27)41)31-22-23-34-32-16-5-8-19-37(32)44(39(34)26-31)30-15-11-14-29(25-30)28-12-3-2-4-13-28/h10,21,27-34,36-39,41-43H,2-9,11-20,22-26H2,1H3. The molecule has 254 valence electrons. The van der Waals surface area contributed by atoms with E-state index in [1.54, 1.807) is 37.7 Å². The largest absolute Gasteiger partial charge is 0.490 e. The molecule has 0 N–H and O–H groups in total. The molecule has 0 aromatic rings. The van der Waals surface area contributed by atoms with Gasteiger partial charge in [0.2, 0.25) is 0 Å². The van der Waals surface area contributed by atoms with Crippen LogP contribution in [0, 0.1) is 47.3 Å². The lowest BCUT2D eigenvalue weighted by Gasteiger charge is -2.51. The number of allylic oxidation sites excluding steroid dienone is 2. The molecule has 10 aliphatic rings. The first-order valence-electron chi connectivity index (χ1n) is 21.4. The minimum atomic E-state index is 0.442. The average Bonchev–Trinajstić information content (AvgIpc) is 3.77. The minimum absolute atomic E-state index is 0.442. The van der Waals surface area contributed by atoms with Crippen LogP contribution in [0.3, 0.4) is 0 Å². The van der Waals surface area contributed by atoms with Gasteiger partial charge in [-0.15, -0.1) is 0 Å². The predicted octanol–water partition coefficient (Wildman–Crippen LogP) is 10.1. The van der Waals surface area contributed by atoms with Crippen molar-refractivity contribution in [1.82, 2.24) is 9.80 Å². The highest BCUT2D eigenvalue weighted by atomic mass is 16.5. The second-order valence-corrected chi connectivity index (χ2v) is 18.9. The lowest BCUT2D eigenvalue weighted by Crippen LogP contribution is -2.57. The third-order valence-electron chi connectivity index (χ3n) is 17.0. The van der Waals surface area contributed by atoms with Crippen LogP contribution in [-0.4, -0.2) is 52.2 Å². The zero-order chi connectivity index (χ0) is 30.4. The number of rotatable bonds is 3. The van der Waals surface area contributed by atoms with Gasteiger partial charge in [-0.1, -0.05) is 83.6 Å². The second-order valence-electron chi connectivity index (χ2n) is 18.9. The van der Waals surface area contributed by atoms with Crippen LogP contribution in [0.4, 0.5) is 0 Å². The molecule has 10 rings (SSSR count). The van der Waals surface area contributed by atoms with Crippen LogP contribution in [0.2, 0.25) is 0 Å². The second kappa shape index (κ2) is 12.2. The van der Waals surface area contributed by atoms with E-state index < -0.39 is 0 Å². The van der Waals surface area contributed by atoms with Crippen LogP contribution in [-0.2, 0) is 4.74 Å². The summed E-state index contributed by atoms with van der Waals surface area (Å²) < 4.78 is 6.93. The van der Waals surface area contributed by atoms with Crippen LogP contribution in [0.1, 0.15) is 155 Å². The Morgan fingerprint density at radius 2 is 1.28 bits per heavy atom. The molecule has 0 spiro atoms. The van der Waals surface area contributed by atoms with E-state index >= 15 is 0 Å². The summed E-state index contributed by atoms with van der Waals surface area (Å²) in [7, 11) is 0. The summed E-state index contributed by atoms with van der Waals surface area (Å²) in [4.78, 5) is 6.70. The Kier molecular flexibility index (Phi) is 7.98. The van der Waals surface area contributed by atoms with Crippen LogP contribution in [0.5, 0.6) is 0 Å². The van der Waals surface area contributed by atoms with E-state index in [0.717, 1.165) is 71.8 Å². The molecule has 0 amide bonds. The van der Waals surface area contributed by atoms with Crippen molar-refractivity contribution >= 4 is 0 Å². The van der Waals surface area contributed by atoms with E-state index in [0.29, 0.717) is 17.9 Å². The summed E-state index contributed by atoms with van der Waals surface area (Å²) in [5.74, 6) is 8.69. The van der Waals surface area contributed by atoms with Crippen LogP contribution < -0.4 is 0 Å². The van der Waals surface area contributed by atoms with Gasteiger partial charge >= 0.3 is 0 Å². The molecule has 3 aliphatic heterocycles. The van der Waals surface area contributed by atoms with E-state index in [-0.39, 0.29) is 0 Å². The van der Waals surface area contributed by atoms with Crippen molar-refractivity contribution in [2.75, 3.05) is 0 Å². The molecule has 8 fully saturated rings. The first-order valence-corrected chi connectivity index (χ1v) is 21.4. The number of ether oxygens (including phenoxy) is 1. The topological polar surface area (TPSA) is 15.7 Å². The SMILES string of the molecule is CC1CC2C3CCCCC3N(C3CCC4C5CCCCC5N(C5CCCC(C6CCCCC6)C5)C4C3)C2C2C3=C(C=CCC3)OC12. The summed E-state index contributed by atoms with van der Waals surface area (Å²) in [6.07, 6.45) is 39.5. The zero-order valence-corrected chi connectivity index (χ0v) is 29.4. The number of likely N-dealkylation sites (tertiary alicyclic amines) is 2. The molecule has 14 unspecified atom stereocenters. The van der Waals surface area contributed by atoms with Crippen molar-refractivity contribution in [3.8, 4) is 0 Å². The van der Waals surface area contributed by atoms with Crippen molar-refractivity contribution < 1.29 is 4.74 Å². The summed E-state index contributed by atoms with van der Waals surface area (Å²) in [5.41, 5.74) is 1.75. The maximum Gasteiger partial charge on any atom is 0.119 e. The first kappa shape index (κ1) is 30.1. The van der Waals surface area contributed by atoms with E-state index in [9.17, 15) is 0 Å². The van der Waals surface area contributed by atoms with E-state index in [4.69, 9.17) is 4.74 Å². The summed E-state index contributed by atoms with van der Waals surface area (Å²) in [6, 6.07) is 5.16. The van der Waals surface area contributed by atoms with Gasteiger partial charge in [0.1, 0.15) is 11.9 Å². The molecule has 0 aromatic heterocycles. The van der Waals surface area contributed by atoms with Gasteiger partial charge in [0.15, 0.2) is 0 Å². The lowest BCUT2D eigenvalue weighted by atomic mass is 9.64. The fourth-order valence-electron chi connectivity index (χ4n) is 15.5. The smallest absolute Gasteiger partial charge is 0.119 e. The monoisotopic (exact) mass is 627 g/mol. The van der Waals surface area contributed by atoms with Crippen molar-refractivity contribution in [2.24, 2.45) is 47.3 Å². The molecule has 3 heteroatoms. The Hall–Kier alpha value is -0.800. The number of hydrogen-bond donors (Lipinski definition) is 0. The quantitative estimate of drug-likeness (QED) is 0.310. The lowest BCUT2D eigenvalue weighted by molar-refractivity contribution is -0.0422. The Balaban J connectivity index is 0.967. The Morgan fingerprint density at radius 1 is 0.587 bits per heavy atom. The highest BCUT2D eigenvalue weighted by Crippen LogP contribution is 2.60. The Morgan fingerprint density at radius 3 is 2.13 bits per heavy atom. The maximum atomic E-state index is 6.93. The third-order valence-corrected chi connectivity index (χ3v) is 17.0. The van der Waals surface area contributed by atoms with Gasteiger partial charge in [-0.05, 0) is 130 Å². The Bertz CT molecular complexity index is 1190. The highest BCUT2D eigenvalue weighted by molar-refractivity contribution is 5.35. The molecule has 14 atom stereocenters. The van der Waals surface area contributed by atoms with Crippen LogP contribution in [0.25, 0.3) is 0 Å². The number of hydrogen-bond acceptors (Lipinski definition) is 3. The molecule has 0 radical (unpaired) electrons. The van der Waals surface area contributed by atoms with Crippen LogP contribution in [0.15, 0.2) is 23.5 Å². The van der Waals surface area contributed by atoms with Gasteiger partial charge in [-0.2, -0.15) is 0 Å². The minimum Gasteiger partial charge on any atom is -0.490 e. The molecule has 6 saturated carbocycles. The predicted molar refractivity (Wildman–Crippen MR) is 187 cm³/mol. The van der Waals surface area contributed by atoms with Gasteiger partial charge in [0, 0.05) is 42.2 Å². The molecule has 0 aromatic carbocycles. The van der Waals surface area contributed by atoms with Gasteiger partial charge in [-0.3, -0.25) is 9.80 Å². The van der Waals surface area contributed by atoms with Gasteiger partial charge in [-0.25, -0.2) is 0 Å². The van der Waals surface area contributed by atoms with Crippen molar-refractivity contribution in [1.29, 1.82) is 0 Å². The third kappa shape index (κ3) is 4.75. The fourth-order valence-corrected chi connectivity index (χ4v) is 15.5. The van der Waals surface area contributed by atoms with Crippen molar-refractivity contribution in [3.05, 3.63) is 23.5 Å². The van der Waals surface area contributed by atoms with Crippen LogP contribution >= 0.6 is 0 Å².